The predicted octanol–water partition coefficient (Wildman–Crippen LogP) is -0.211. The van der Waals surface area contributed by atoms with E-state index in [4.69, 9.17) is 5.11 Å². The molecule has 14 heavy (non-hydrogen) atoms. The monoisotopic (exact) mass is 204 g/mol. The van der Waals surface area contributed by atoms with E-state index in [1.165, 1.54) is 13.5 Å². The predicted molar refractivity (Wildman–Crippen MR) is 58.1 cm³/mol. The molecule has 1 aliphatic rings. The van der Waals surface area contributed by atoms with Crippen LogP contribution in [-0.2, 0) is 0 Å². The number of β-amino-alcohol motifs (C(OH)–C–C–N with tert-alkyl or cyclic N) is 1. The Morgan fingerprint density at radius 3 is 2.57 bits per heavy atom. The molecular weight excluding hydrogens is 180 g/mol. The summed E-state index contributed by atoms with van der Waals surface area (Å²) in [6.07, 6.45) is 2.84. The molecule has 0 aliphatic carbocycles. The normalized spacial score (nSPS) is 27.2. The summed E-state index contributed by atoms with van der Waals surface area (Å²) >= 11 is 0. The molecular formula is C10H24N2O2. The van der Waals surface area contributed by atoms with Gasteiger partial charge in [-0.1, -0.05) is 13.3 Å². The lowest BCUT2D eigenvalue weighted by atomic mass is 10.2. The molecule has 0 aromatic carbocycles. The molecule has 2 atom stereocenters. The van der Waals surface area contributed by atoms with Gasteiger partial charge in [0.05, 0.1) is 12.7 Å². The van der Waals surface area contributed by atoms with Crippen LogP contribution in [0.25, 0.3) is 0 Å². The number of aliphatic hydroxyl groups excluding tert-OH is 2. The molecule has 4 nitrogen and oxygen atoms in total. The van der Waals surface area contributed by atoms with Crippen LogP contribution in [0.3, 0.4) is 0 Å². The molecule has 0 spiro atoms. The summed E-state index contributed by atoms with van der Waals surface area (Å²) in [4.78, 5) is 2.19. The molecule has 0 aromatic rings. The van der Waals surface area contributed by atoms with Gasteiger partial charge in [0.15, 0.2) is 0 Å². The van der Waals surface area contributed by atoms with Crippen LogP contribution in [0.15, 0.2) is 0 Å². The van der Waals surface area contributed by atoms with Gasteiger partial charge < -0.3 is 15.9 Å². The van der Waals surface area contributed by atoms with Crippen molar-refractivity contribution in [2.24, 2.45) is 5.73 Å². The van der Waals surface area contributed by atoms with Crippen molar-refractivity contribution in [3.8, 4) is 0 Å². The fraction of sp³-hybridized carbons (Fsp3) is 1.00. The van der Waals surface area contributed by atoms with Crippen LogP contribution in [-0.4, -0.2) is 54.0 Å². The lowest BCUT2D eigenvalue weighted by Crippen LogP contribution is -2.33. The Kier molecular flexibility index (Phi) is 8.08. The number of hydrogen-bond acceptors (Lipinski definition) is 4. The maximum Gasteiger partial charge on any atom is 0.0683 e. The minimum Gasteiger partial charge on any atom is -0.395 e. The summed E-state index contributed by atoms with van der Waals surface area (Å²) in [5, 5.41) is 18.3. The van der Waals surface area contributed by atoms with Crippen LogP contribution < -0.4 is 5.73 Å². The van der Waals surface area contributed by atoms with Gasteiger partial charge in [0, 0.05) is 12.6 Å². The lowest BCUT2D eigenvalue weighted by Gasteiger charge is -2.21. The molecule has 0 aromatic heterocycles. The number of nitrogens with zero attached hydrogens (tertiary/aromatic N) is 1. The van der Waals surface area contributed by atoms with E-state index >= 15 is 0 Å². The average Bonchev–Trinajstić information content (AvgIpc) is 2.59. The van der Waals surface area contributed by atoms with Crippen LogP contribution in [0.4, 0.5) is 0 Å². The van der Waals surface area contributed by atoms with Crippen molar-refractivity contribution in [2.45, 2.75) is 38.3 Å². The molecule has 1 fully saturated rings. The molecule has 86 valence electrons. The molecule has 1 heterocycles. The molecule has 0 radical (unpaired) electrons. The van der Waals surface area contributed by atoms with E-state index in [1.807, 2.05) is 0 Å². The number of nitrogens with two attached hydrogens (primary N) is 1. The first kappa shape index (κ1) is 13.8. The number of hydrogen-bond donors (Lipinski definition) is 3. The Balaban J connectivity index is 0.000000791. The van der Waals surface area contributed by atoms with Gasteiger partial charge in [0.25, 0.3) is 0 Å². The molecule has 0 bridgehead atoms. The van der Waals surface area contributed by atoms with Gasteiger partial charge in [-0.15, -0.1) is 0 Å². The fourth-order valence-corrected chi connectivity index (χ4v) is 1.78. The van der Waals surface area contributed by atoms with Crippen molar-refractivity contribution < 1.29 is 10.2 Å². The first-order valence-corrected chi connectivity index (χ1v) is 5.38. The van der Waals surface area contributed by atoms with E-state index < -0.39 is 0 Å². The molecule has 1 rings (SSSR count). The summed E-state index contributed by atoms with van der Waals surface area (Å²) in [5.41, 5.74) is 4.50. The highest BCUT2D eigenvalue weighted by molar-refractivity contribution is 4.84. The third-order valence-electron chi connectivity index (χ3n) is 2.52. The van der Waals surface area contributed by atoms with Gasteiger partial charge in [-0.2, -0.15) is 0 Å². The van der Waals surface area contributed by atoms with Gasteiger partial charge in [0.2, 0.25) is 0 Å². The Bertz CT molecular complexity index is 133. The first-order chi connectivity index (χ1) is 6.77. The second kappa shape index (κ2) is 8.17. The van der Waals surface area contributed by atoms with E-state index in [2.05, 4.69) is 17.6 Å². The van der Waals surface area contributed by atoms with E-state index in [1.54, 1.807) is 0 Å². The molecule has 1 saturated heterocycles. The zero-order valence-corrected chi connectivity index (χ0v) is 9.32. The van der Waals surface area contributed by atoms with Gasteiger partial charge in [-0.05, 0) is 26.4 Å². The van der Waals surface area contributed by atoms with Crippen LogP contribution in [0.5, 0.6) is 0 Å². The van der Waals surface area contributed by atoms with Gasteiger partial charge in [-0.25, -0.2) is 0 Å². The number of likely N-dealkylation sites (tertiary alicyclic amines) is 1. The second-order valence-electron chi connectivity index (χ2n) is 3.57. The Morgan fingerprint density at radius 2 is 2.07 bits per heavy atom. The molecule has 1 aliphatic heterocycles. The number of unbranched alkanes of at least 4 members (excludes halogenated alkanes) is 1. The maximum atomic E-state index is 9.35. The Morgan fingerprint density at radius 1 is 1.43 bits per heavy atom. The Hall–Kier alpha value is -0.160. The van der Waals surface area contributed by atoms with Gasteiger partial charge in [-0.3, -0.25) is 4.90 Å². The molecule has 4 heteroatoms. The van der Waals surface area contributed by atoms with Crippen molar-refractivity contribution in [1.82, 2.24) is 4.90 Å². The fourth-order valence-electron chi connectivity index (χ4n) is 1.78. The minimum absolute atomic E-state index is 0.181. The molecule has 0 amide bonds. The quantitative estimate of drug-likeness (QED) is 0.592. The zero-order chi connectivity index (χ0) is 11.0. The highest BCUT2D eigenvalue weighted by Gasteiger charge is 2.29. The minimum atomic E-state index is -0.223. The smallest absolute Gasteiger partial charge is 0.0683 e. The van der Waals surface area contributed by atoms with Crippen LogP contribution >= 0.6 is 0 Å². The van der Waals surface area contributed by atoms with Crippen molar-refractivity contribution in [3.63, 3.8) is 0 Å². The summed E-state index contributed by atoms with van der Waals surface area (Å²) in [6, 6.07) is 0.201. The maximum absolute atomic E-state index is 9.35. The van der Waals surface area contributed by atoms with Gasteiger partial charge in [0.1, 0.15) is 0 Å². The van der Waals surface area contributed by atoms with Crippen molar-refractivity contribution in [1.29, 1.82) is 0 Å². The summed E-state index contributed by atoms with van der Waals surface area (Å²) in [6.45, 7) is 4.09. The standard InChI is InChI=1S/C9H19NO2.CH5N/c1-2-3-4-10-6-9(12)5-8(10)7-11;1-2/h8-9,11-12H,2-7H2,1H3;2H2,1H3. The van der Waals surface area contributed by atoms with E-state index in [0.29, 0.717) is 0 Å². The molecule has 0 saturated carbocycles. The van der Waals surface area contributed by atoms with Crippen LogP contribution in [0.1, 0.15) is 26.2 Å². The highest BCUT2D eigenvalue weighted by Crippen LogP contribution is 2.17. The van der Waals surface area contributed by atoms with Crippen LogP contribution in [0, 0.1) is 0 Å². The van der Waals surface area contributed by atoms with Crippen molar-refractivity contribution >= 4 is 0 Å². The third kappa shape index (κ3) is 4.37. The third-order valence-corrected chi connectivity index (χ3v) is 2.52. The van der Waals surface area contributed by atoms with Crippen molar-refractivity contribution in [3.05, 3.63) is 0 Å². The topological polar surface area (TPSA) is 69.7 Å². The SMILES string of the molecule is CCCCN1CC(O)CC1CO.CN. The van der Waals surface area contributed by atoms with Crippen LogP contribution in [0.2, 0.25) is 0 Å². The van der Waals surface area contributed by atoms with E-state index in [0.717, 1.165) is 25.9 Å². The summed E-state index contributed by atoms with van der Waals surface area (Å²) in [7, 11) is 1.50. The first-order valence-electron chi connectivity index (χ1n) is 5.38. The summed E-state index contributed by atoms with van der Waals surface area (Å²) < 4.78 is 0. The second-order valence-corrected chi connectivity index (χ2v) is 3.57. The highest BCUT2D eigenvalue weighted by atomic mass is 16.3. The number of rotatable bonds is 4. The molecule has 4 N–H and O–H groups in total. The van der Waals surface area contributed by atoms with E-state index in [9.17, 15) is 5.11 Å². The largest absolute Gasteiger partial charge is 0.395 e. The zero-order valence-electron chi connectivity index (χ0n) is 9.32. The molecule has 2 unspecified atom stereocenters. The van der Waals surface area contributed by atoms with Gasteiger partial charge >= 0.3 is 0 Å². The lowest BCUT2D eigenvalue weighted by molar-refractivity contribution is 0.154. The Labute approximate surface area is 86.7 Å². The number of aliphatic hydroxyl groups is 2. The average molecular weight is 204 g/mol. The van der Waals surface area contributed by atoms with E-state index in [-0.39, 0.29) is 18.8 Å². The summed E-state index contributed by atoms with van der Waals surface area (Å²) in [5.74, 6) is 0. The van der Waals surface area contributed by atoms with Crippen molar-refractivity contribution in [2.75, 3.05) is 26.7 Å².